The Morgan fingerprint density at radius 3 is 2.42 bits per heavy atom. The highest BCUT2D eigenvalue weighted by Crippen LogP contribution is 2.40. The molecule has 0 bridgehead atoms. The lowest BCUT2D eigenvalue weighted by Crippen LogP contribution is -2.29. The van der Waals surface area contributed by atoms with E-state index in [-0.39, 0.29) is 24.0 Å². The van der Waals surface area contributed by atoms with E-state index in [4.69, 9.17) is 4.74 Å². The second-order valence-electron chi connectivity index (χ2n) is 8.22. The number of hydrogen-bond acceptors (Lipinski definition) is 6. The van der Waals surface area contributed by atoms with E-state index < -0.39 is 17.7 Å². The SMILES string of the molecule is Cc1cc(OC(C)C)ccc1/C(O)=C1/C(=O)C(=O)N(Cc2cccnc2)C1c1cccnc1. The Balaban J connectivity index is 1.82. The van der Waals surface area contributed by atoms with Gasteiger partial charge in [-0.3, -0.25) is 19.6 Å². The van der Waals surface area contributed by atoms with Crippen molar-refractivity contribution < 1.29 is 19.4 Å². The Morgan fingerprint density at radius 1 is 1.09 bits per heavy atom. The number of ketones is 1. The molecule has 7 heteroatoms. The van der Waals surface area contributed by atoms with E-state index in [1.807, 2.05) is 26.8 Å². The van der Waals surface area contributed by atoms with E-state index in [9.17, 15) is 14.7 Å². The summed E-state index contributed by atoms with van der Waals surface area (Å²) < 4.78 is 5.73. The Kier molecular flexibility index (Phi) is 6.22. The molecule has 1 unspecified atom stereocenters. The van der Waals surface area contributed by atoms with Gasteiger partial charge in [-0.15, -0.1) is 0 Å². The van der Waals surface area contributed by atoms with Crippen LogP contribution in [0.1, 0.15) is 42.1 Å². The first-order valence-electron chi connectivity index (χ1n) is 10.7. The highest BCUT2D eigenvalue weighted by Gasteiger charge is 2.46. The number of Topliss-reactive ketones (excluding diaryl/α,β-unsaturated/α-hetero) is 1. The van der Waals surface area contributed by atoms with Crippen molar-refractivity contribution in [2.24, 2.45) is 0 Å². The number of ether oxygens (including phenoxy) is 1. The van der Waals surface area contributed by atoms with Crippen molar-refractivity contribution in [2.75, 3.05) is 0 Å². The topological polar surface area (TPSA) is 92.6 Å². The minimum Gasteiger partial charge on any atom is -0.507 e. The van der Waals surface area contributed by atoms with Crippen LogP contribution < -0.4 is 4.74 Å². The van der Waals surface area contributed by atoms with Crippen molar-refractivity contribution in [2.45, 2.75) is 39.5 Å². The van der Waals surface area contributed by atoms with Crippen LogP contribution in [0.5, 0.6) is 5.75 Å². The normalized spacial score (nSPS) is 17.6. The van der Waals surface area contributed by atoms with Gasteiger partial charge in [0.25, 0.3) is 11.7 Å². The molecule has 1 amide bonds. The average Bonchev–Trinajstić information content (AvgIpc) is 3.04. The van der Waals surface area contributed by atoms with Crippen molar-refractivity contribution >= 4 is 17.4 Å². The quantitative estimate of drug-likeness (QED) is 0.349. The van der Waals surface area contributed by atoms with Crippen LogP contribution in [-0.4, -0.2) is 37.8 Å². The number of aromatic nitrogens is 2. The third-order valence-electron chi connectivity index (χ3n) is 5.44. The summed E-state index contributed by atoms with van der Waals surface area (Å²) in [6.45, 7) is 5.86. The number of nitrogens with zero attached hydrogens (tertiary/aromatic N) is 3. The van der Waals surface area contributed by atoms with Crippen molar-refractivity contribution in [3.05, 3.63) is 95.1 Å². The molecule has 0 aliphatic carbocycles. The monoisotopic (exact) mass is 443 g/mol. The summed E-state index contributed by atoms with van der Waals surface area (Å²) >= 11 is 0. The van der Waals surface area contributed by atoms with Crippen molar-refractivity contribution in [1.29, 1.82) is 0 Å². The van der Waals surface area contributed by atoms with Crippen LogP contribution in [0.2, 0.25) is 0 Å². The lowest BCUT2D eigenvalue weighted by molar-refractivity contribution is -0.140. The number of amides is 1. The first-order chi connectivity index (χ1) is 15.9. The zero-order valence-electron chi connectivity index (χ0n) is 18.7. The van der Waals surface area contributed by atoms with E-state index in [2.05, 4.69) is 9.97 Å². The molecule has 1 aliphatic rings. The summed E-state index contributed by atoms with van der Waals surface area (Å²) in [5.41, 5.74) is 2.66. The summed E-state index contributed by atoms with van der Waals surface area (Å²) in [7, 11) is 0. The maximum Gasteiger partial charge on any atom is 0.295 e. The Labute approximate surface area is 192 Å². The van der Waals surface area contributed by atoms with E-state index >= 15 is 0 Å². The Morgan fingerprint density at radius 2 is 1.82 bits per heavy atom. The third-order valence-corrected chi connectivity index (χ3v) is 5.44. The van der Waals surface area contributed by atoms with Crippen LogP contribution in [-0.2, 0) is 16.1 Å². The molecule has 4 rings (SSSR count). The van der Waals surface area contributed by atoms with Crippen molar-refractivity contribution in [3.8, 4) is 5.75 Å². The fourth-order valence-corrected chi connectivity index (χ4v) is 4.01. The van der Waals surface area contributed by atoms with Crippen LogP contribution in [0.4, 0.5) is 0 Å². The second kappa shape index (κ2) is 9.24. The number of aliphatic hydroxyl groups is 1. The summed E-state index contributed by atoms with van der Waals surface area (Å²) in [6, 6.07) is 11.6. The molecular weight excluding hydrogens is 418 g/mol. The number of likely N-dealkylation sites (tertiary alicyclic amines) is 1. The fraction of sp³-hybridized carbons (Fsp3) is 0.231. The predicted octanol–water partition coefficient (Wildman–Crippen LogP) is 4.19. The van der Waals surface area contributed by atoms with E-state index in [1.54, 1.807) is 61.2 Å². The van der Waals surface area contributed by atoms with Gasteiger partial charge in [0.1, 0.15) is 11.5 Å². The van der Waals surface area contributed by atoms with Gasteiger partial charge in [-0.05, 0) is 67.8 Å². The highest BCUT2D eigenvalue weighted by atomic mass is 16.5. The van der Waals surface area contributed by atoms with Crippen molar-refractivity contribution in [1.82, 2.24) is 14.9 Å². The fourth-order valence-electron chi connectivity index (χ4n) is 4.01. The number of hydrogen-bond donors (Lipinski definition) is 1. The number of aryl methyl sites for hydroxylation is 1. The molecule has 33 heavy (non-hydrogen) atoms. The number of aliphatic hydroxyl groups excluding tert-OH is 1. The molecule has 0 radical (unpaired) electrons. The van der Waals surface area contributed by atoms with Gasteiger partial charge in [-0.2, -0.15) is 0 Å². The van der Waals surface area contributed by atoms with Gasteiger partial charge < -0.3 is 14.7 Å². The van der Waals surface area contributed by atoms with Gasteiger partial charge in [0, 0.05) is 36.9 Å². The molecule has 1 fully saturated rings. The van der Waals surface area contributed by atoms with Gasteiger partial charge in [0.15, 0.2) is 0 Å². The number of benzene rings is 1. The summed E-state index contributed by atoms with van der Waals surface area (Å²) in [6.07, 6.45) is 6.52. The van der Waals surface area contributed by atoms with E-state index in [0.29, 0.717) is 16.9 Å². The van der Waals surface area contributed by atoms with Gasteiger partial charge >= 0.3 is 0 Å². The predicted molar refractivity (Wildman–Crippen MR) is 123 cm³/mol. The number of pyridine rings is 2. The van der Waals surface area contributed by atoms with Crippen LogP contribution >= 0.6 is 0 Å². The largest absolute Gasteiger partial charge is 0.507 e. The zero-order chi connectivity index (χ0) is 23.5. The summed E-state index contributed by atoms with van der Waals surface area (Å²) in [5, 5.41) is 11.3. The molecule has 1 N–H and O–H groups in total. The van der Waals surface area contributed by atoms with Gasteiger partial charge in [0.2, 0.25) is 0 Å². The molecular formula is C26H25N3O4. The maximum atomic E-state index is 13.2. The van der Waals surface area contributed by atoms with Crippen LogP contribution in [0.25, 0.3) is 5.76 Å². The standard InChI is InChI=1S/C26H25N3O4/c1-16(2)33-20-8-9-21(17(3)12-20)24(30)22-23(19-7-5-11-28-14-19)29(26(32)25(22)31)15-18-6-4-10-27-13-18/h4-14,16,23,30H,15H2,1-3H3/b24-22-. The van der Waals surface area contributed by atoms with Crippen LogP contribution in [0, 0.1) is 6.92 Å². The third kappa shape index (κ3) is 4.48. The van der Waals surface area contributed by atoms with Gasteiger partial charge in [-0.25, -0.2) is 0 Å². The molecule has 0 saturated carbocycles. The van der Waals surface area contributed by atoms with Gasteiger partial charge in [-0.1, -0.05) is 12.1 Å². The van der Waals surface area contributed by atoms with Crippen LogP contribution in [0.3, 0.4) is 0 Å². The Bertz CT molecular complexity index is 1210. The zero-order valence-corrected chi connectivity index (χ0v) is 18.7. The summed E-state index contributed by atoms with van der Waals surface area (Å²) in [4.78, 5) is 35.9. The van der Waals surface area contributed by atoms with E-state index in [0.717, 1.165) is 11.1 Å². The average molecular weight is 444 g/mol. The molecule has 168 valence electrons. The highest BCUT2D eigenvalue weighted by molar-refractivity contribution is 6.46. The first kappa shape index (κ1) is 22.2. The number of rotatable bonds is 6. The lowest BCUT2D eigenvalue weighted by atomic mass is 9.94. The number of carbonyl (C=O) groups is 2. The molecule has 1 aliphatic heterocycles. The molecule has 2 aromatic heterocycles. The Hall–Kier alpha value is -4.00. The second-order valence-corrected chi connectivity index (χ2v) is 8.22. The molecule has 0 spiro atoms. The lowest BCUT2D eigenvalue weighted by Gasteiger charge is -2.25. The molecule has 3 aromatic rings. The maximum absolute atomic E-state index is 13.2. The first-order valence-corrected chi connectivity index (χ1v) is 10.7. The smallest absolute Gasteiger partial charge is 0.295 e. The number of carbonyl (C=O) groups excluding carboxylic acids is 2. The minimum atomic E-state index is -0.773. The van der Waals surface area contributed by atoms with E-state index in [1.165, 1.54) is 4.90 Å². The molecule has 7 nitrogen and oxygen atoms in total. The summed E-state index contributed by atoms with van der Waals surface area (Å²) in [5.74, 6) is -0.955. The van der Waals surface area contributed by atoms with Crippen LogP contribution in [0.15, 0.2) is 72.8 Å². The molecule has 3 heterocycles. The van der Waals surface area contributed by atoms with Gasteiger partial charge in [0.05, 0.1) is 17.7 Å². The molecule has 1 aromatic carbocycles. The minimum absolute atomic E-state index is 0.00669. The molecule has 1 atom stereocenters. The van der Waals surface area contributed by atoms with Crippen molar-refractivity contribution in [3.63, 3.8) is 0 Å². The molecule has 1 saturated heterocycles.